The Morgan fingerprint density at radius 1 is 1.25 bits per heavy atom. The Balaban J connectivity index is 2.32. The Labute approximate surface area is 106 Å². The van der Waals surface area contributed by atoms with Crippen molar-refractivity contribution in [3.8, 4) is 5.75 Å². The third kappa shape index (κ3) is 4.99. The highest BCUT2D eigenvalue weighted by Gasteiger charge is 2.16. The van der Waals surface area contributed by atoms with Gasteiger partial charge in [0.15, 0.2) is 0 Å². The van der Waals surface area contributed by atoms with Gasteiger partial charge in [-0.15, -0.1) is 0 Å². The minimum atomic E-state index is -0.107. The van der Waals surface area contributed by atoms with E-state index in [-0.39, 0.29) is 5.54 Å². The molecule has 2 nitrogen and oxygen atoms in total. The van der Waals surface area contributed by atoms with Crippen LogP contribution in [0, 0.1) is 0 Å². The molecule has 0 aliphatic heterocycles. The highest BCUT2D eigenvalue weighted by molar-refractivity contribution is 9.10. The molecule has 0 saturated carbocycles. The largest absolute Gasteiger partial charge is 0.494 e. The first-order chi connectivity index (χ1) is 7.53. The van der Waals surface area contributed by atoms with E-state index in [2.05, 4.69) is 29.8 Å². The average molecular weight is 286 g/mol. The van der Waals surface area contributed by atoms with Crippen LogP contribution in [0.1, 0.15) is 33.1 Å². The van der Waals surface area contributed by atoms with Gasteiger partial charge >= 0.3 is 0 Å². The van der Waals surface area contributed by atoms with Gasteiger partial charge in [-0.25, -0.2) is 0 Å². The van der Waals surface area contributed by atoms with Gasteiger partial charge in [-0.1, -0.05) is 29.3 Å². The van der Waals surface area contributed by atoms with Crippen molar-refractivity contribution < 1.29 is 4.74 Å². The van der Waals surface area contributed by atoms with Crippen molar-refractivity contribution in [3.63, 3.8) is 0 Å². The van der Waals surface area contributed by atoms with Gasteiger partial charge in [-0.05, 0) is 44.0 Å². The number of benzene rings is 1. The van der Waals surface area contributed by atoms with Crippen LogP contribution in [0.3, 0.4) is 0 Å². The van der Waals surface area contributed by atoms with E-state index in [9.17, 15) is 0 Å². The molecule has 1 unspecified atom stereocenters. The summed E-state index contributed by atoms with van der Waals surface area (Å²) in [4.78, 5) is 0. The first kappa shape index (κ1) is 13.5. The Morgan fingerprint density at radius 3 is 2.44 bits per heavy atom. The van der Waals surface area contributed by atoms with Gasteiger partial charge in [-0.3, -0.25) is 0 Å². The van der Waals surface area contributed by atoms with Crippen LogP contribution in [-0.4, -0.2) is 12.1 Å². The average Bonchev–Trinajstić information content (AvgIpc) is 2.20. The van der Waals surface area contributed by atoms with Crippen LogP contribution in [0.25, 0.3) is 0 Å². The second-order valence-electron chi connectivity index (χ2n) is 4.46. The molecule has 0 bridgehead atoms. The molecular formula is C13H20BrNO. The summed E-state index contributed by atoms with van der Waals surface area (Å²) < 4.78 is 6.71. The molecule has 0 fully saturated rings. The molecule has 1 rings (SSSR count). The second kappa shape index (κ2) is 6.26. The van der Waals surface area contributed by atoms with E-state index in [1.807, 2.05) is 24.3 Å². The molecule has 0 aromatic heterocycles. The van der Waals surface area contributed by atoms with Crippen LogP contribution < -0.4 is 10.5 Å². The molecule has 0 amide bonds. The molecule has 1 aromatic rings. The van der Waals surface area contributed by atoms with E-state index in [1.165, 1.54) is 0 Å². The van der Waals surface area contributed by atoms with Gasteiger partial charge in [-0.2, -0.15) is 0 Å². The summed E-state index contributed by atoms with van der Waals surface area (Å²) in [7, 11) is 0. The number of nitrogens with two attached hydrogens (primary N) is 1. The second-order valence-corrected chi connectivity index (χ2v) is 5.37. The van der Waals surface area contributed by atoms with Crippen molar-refractivity contribution in [1.29, 1.82) is 0 Å². The van der Waals surface area contributed by atoms with E-state index in [1.54, 1.807) is 0 Å². The number of rotatable bonds is 6. The predicted molar refractivity (Wildman–Crippen MR) is 71.8 cm³/mol. The monoisotopic (exact) mass is 285 g/mol. The SMILES string of the molecule is CCCC(C)(N)CCOc1ccc(Br)cc1. The molecule has 3 heteroatoms. The van der Waals surface area contributed by atoms with Crippen molar-refractivity contribution in [1.82, 2.24) is 0 Å². The number of ether oxygens (including phenoxy) is 1. The lowest BCUT2D eigenvalue weighted by molar-refractivity contribution is 0.258. The van der Waals surface area contributed by atoms with Crippen LogP contribution in [0.2, 0.25) is 0 Å². The summed E-state index contributed by atoms with van der Waals surface area (Å²) in [5.41, 5.74) is 6.02. The maximum atomic E-state index is 6.13. The molecule has 0 radical (unpaired) electrons. The molecule has 0 aliphatic rings. The van der Waals surface area contributed by atoms with E-state index < -0.39 is 0 Å². The smallest absolute Gasteiger partial charge is 0.119 e. The standard InChI is InChI=1S/C13H20BrNO/c1-3-8-13(2,15)9-10-16-12-6-4-11(14)5-7-12/h4-7H,3,8-10,15H2,1-2H3. The Hall–Kier alpha value is -0.540. The van der Waals surface area contributed by atoms with Crippen LogP contribution in [0.15, 0.2) is 28.7 Å². The minimum Gasteiger partial charge on any atom is -0.494 e. The van der Waals surface area contributed by atoms with Crippen molar-refractivity contribution in [3.05, 3.63) is 28.7 Å². The van der Waals surface area contributed by atoms with Crippen molar-refractivity contribution in [2.45, 2.75) is 38.6 Å². The highest BCUT2D eigenvalue weighted by atomic mass is 79.9. The van der Waals surface area contributed by atoms with Gasteiger partial charge in [0.05, 0.1) is 6.61 Å². The van der Waals surface area contributed by atoms with Crippen molar-refractivity contribution in [2.75, 3.05) is 6.61 Å². The Bertz CT molecular complexity index is 308. The van der Waals surface area contributed by atoms with Crippen molar-refractivity contribution in [2.24, 2.45) is 5.73 Å². The molecule has 0 aliphatic carbocycles. The van der Waals surface area contributed by atoms with E-state index in [0.29, 0.717) is 6.61 Å². The fourth-order valence-corrected chi connectivity index (χ4v) is 1.89. The van der Waals surface area contributed by atoms with Gasteiger partial charge in [0.1, 0.15) is 5.75 Å². The zero-order valence-corrected chi connectivity index (χ0v) is 11.6. The first-order valence-electron chi connectivity index (χ1n) is 5.71. The number of halogens is 1. The summed E-state index contributed by atoms with van der Waals surface area (Å²) in [6.45, 7) is 4.91. The Kier molecular flexibility index (Phi) is 5.29. The fraction of sp³-hybridized carbons (Fsp3) is 0.538. The van der Waals surface area contributed by atoms with Crippen molar-refractivity contribution >= 4 is 15.9 Å². The normalized spacial score (nSPS) is 14.5. The molecule has 1 aromatic carbocycles. The maximum absolute atomic E-state index is 6.13. The summed E-state index contributed by atoms with van der Waals surface area (Å²) in [6.07, 6.45) is 3.04. The van der Waals surface area contributed by atoms with Gasteiger partial charge in [0.25, 0.3) is 0 Å². The lowest BCUT2D eigenvalue weighted by atomic mass is 9.94. The highest BCUT2D eigenvalue weighted by Crippen LogP contribution is 2.18. The summed E-state index contributed by atoms with van der Waals surface area (Å²) in [6, 6.07) is 7.86. The maximum Gasteiger partial charge on any atom is 0.119 e. The van der Waals surface area contributed by atoms with Crippen LogP contribution in [0.4, 0.5) is 0 Å². The lowest BCUT2D eigenvalue weighted by Gasteiger charge is -2.23. The summed E-state index contributed by atoms with van der Waals surface area (Å²) in [5, 5.41) is 0. The van der Waals surface area contributed by atoms with Crippen LogP contribution in [0.5, 0.6) is 5.75 Å². The van der Waals surface area contributed by atoms with Gasteiger partial charge in [0.2, 0.25) is 0 Å². The Morgan fingerprint density at radius 2 is 1.88 bits per heavy atom. The molecule has 1 atom stereocenters. The van der Waals surface area contributed by atoms with E-state index >= 15 is 0 Å². The lowest BCUT2D eigenvalue weighted by Crippen LogP contribution is -2.37. The topological polar surface area (TPSA) is 35.2 Å². The van der Waals surface area contributed by atoms with Gasteiger partial charge in [0, 0.05) is 10.0 Å². The predicted octanol–water partition coefficient (Wildman–Crippen LogP) is 3.74. The molecule has 2 N–H and O–H groups in total. The molecule has 0 spiro atoms. The summed E-state index contributed by atoms with van der Waals surface area (Å²) in [5.74, 6) is 0.899. The quantitative estimate of drug-likeness (QED) is 0.864. The summed E-state index contributed by atoms with van der Waals surface area (Å²) >= 11 is 3.39. The van der Waals surface area contributed by atoms with Crippen LogP contribution >= 0.6 is 15.9 Å². The molecule has 0 saturated heterocycles. The van der Waals surface area contributed by atoms with E-state index in [4.69, 9.17) is 10.5 Å². The molecule has 0 heterocycles. The third-order valence-corrected chi connectivity index (χ3v) is 3.11. The number of hydrogen-bond donors (Lipinski definition) is 1. The first-order valence-corrected chi connectivity index (χ1v) is 6.50. The fourth-order valence-electron chi connectivity index (χ4n) is 1.63. The number of hydrogen-bond acceptors (Lipinski definition) is 2. The van der Waals surface area contributed by atoms with Crippen LogP contribution in [-0.2, 0) is 0 Å². The van der Waals surface area contributed by atoms with Gasteiger partial charge < -0.3 is 10.5 Å². The zero-order valence-electron chi connectivity index (χ0n) is 10.0. The molecule has 16 heavy (non-hydrogen) atoms. The zero-order chi connectivity index (χ0) is 12.0. The minimum absolute atomic E-state index is 0.107. The molecular weight excluding hydrogens is 266 g/mol. The van der Waals surface area contributed by atoms with E-state index in [0.717, 1.165) is 29.5 Å². The third-order valence-electron chi connectivity index (χ3n) is 2.58. The molecule has 90 valence electrons.